The number of benzene rings is 1. The second-order valence-corrected chi connectivity index (χ2v) is 5.92. The molecule has 1 heterocycles. The Bertz CT molecular complexity index is 455. The molecule has 1 aromatic carbocycles. The van der Waals surface area contributed by atoms with E-state index in [0.29, 0.717) is 12.1 Å². The molecule has 0 saturated carbocycles. The van der Waals surface area contributed by atoms with Crippen LogP contribution in [-0.4, -0.2) is 28.6 Å². The van der Waals surface area contributed by atoms with E-state index in [0.717, 1.165) is 25.8 Å². The summed E-state index contributed by atoms with van der Waals surface area (Å²) in [7, 11) is 0. The van der Waals surface area contributed by atoms with Crippen LogP contribution in [-0.2, 0) is 11.2 Å². The van der Waals surface area contributed by atoms with Crippen molar-refractivity contribution in [1.82, 2.24) is 4.90 Å². The van der Waals surface area contributed by atoms with Gasteiger partial charge in [0.25, 0.3) is 0 Å². The number of rotatable bonds is 4. The molecule has 20 heavy (non-hydrogen) atoms. The van der Waals surface area contributed by atoms with Crippen LogP contribution in [0.1, 0.15) is 50.8 Å². The van der Waals surface area contributed by atoms with Crippen LogP contribution in [0.15, 0.2) is 24.3 Å². The fraction of sp³-hybridized carbons (Fsp3) is 0.588. The zero-order valence-corrected chi connectivity index (χ0v) is 12.7. The van der Waals surface area contributed by atoms with E-state index in [1.807, 2.05) is 0 Å². The predicted octanol–water partition coefficient (Wildman–Crippen LogP) is 3.50. The number of carboxylic acid groups (broad SMARTS) is 1. The number of carboxylic acids is 1. The van der Waals surface area contributed by atoms with Crippen molar-refractivity contribution in [2.24, 2.45) is 5.92 Å². The molecule has 3 heteroatoms. The highest BCUT2D eigenvalue weighted by atomic mass is 16.4. The molecule has 1 aromatic rings. The van der Waals surface area contributed by atoms with Gasteiger partial charge in [0, 0.05) is 12.1 Å². The van der Waals surface area contributed by atoms with Gasteiger partial charge in [-0.3, -0.25) is 9.69 Å². The summed E-state index contributed by atoms with van der Waals surface area (Å²) >= 11 is 0. The maximum absolute atomic E-state index is 11.1. The van der Waals surface area contributed by atoms with Crippen molar-refractivity contribution < 1.29 is 9.90 Å². The zero-order valence-electron chi connectivity index (χ0n) is 12.7. The molecule has 1 aliphatic heterocycles. The molecule has 0 bridgehead atoms. The lowest BCUT2D eigenvalue weighted by atomic mass is 9.89. The quantitative estimate of drug-likeness (QED) is 0.914. The van der Waals surface area contributed by atoms with Crippen molar-refractivity contribution in [3.05, 3.63) is 35.4 Å². The van der Waals surface area contributed by atoms with Crippen molar-refractivity contribution in [3.63, 3.8) is 0 Å². The summed E-state index contributed by atoms with van der Waals surface area (Å²) in [6, 6.07) is 9.48. The highest BCUT2D eigenvalue weighted by molar-refractivity contribution is 5.70. The third-order valence-corrected chi connectivity index (χ3v) is 4.64. The fourth-order valence-corrected chi connectivity index (χ4v) is 3.21. The van der Waals surface area contributed by atoms with Crippen molar-refractivity contribution in [1.29, 1.82) is 0 Å². The van der Waals surface area contributed by atoms with Crippen LogP contribution in [0.4, 0.5) is 0 Å². The van der Waals surface area contributed by atoms with E-state index in [9.17, 15) is 4.79 Å². The maximum atomic E-state index is 11.1. The molecule has 0 radical (unpaired) electrons. The Balaban J connectivity index is 2.05. The van der Waals surface area contributed by atoms with Gasteiger partial charge < -0.3 is 5.11 Å². The SMILES string of the molecule is CCc1ccc(C(C)N2CCC(C(=O)O)CC2C)cc1. The van der Waals surface area contributed by atoms with Crippen LogP contribution in [0.3, 0.4) is 0 Å². The Labute approximate surface area is 121 Å². The first-order valence-corrected chi connectivity index (χ1v) is 7.60. The molecule has 0 amide bonds. The fourth-order valence-electron chi connectivity index (χ4n) is 3.21. The van der Waals surface area contributed by atoms with Gasteiger partial charge in [0.1, 0.15) is 0 Å². The summed E-state index contributed by atoms with van der Waals surface area (Å²) in [4.78, 5) is 13.5. The van der Waals surface area contributed by atoms with E-state index < -0.39 is 5.97 Å². The highest BCUT2D eigenvalue weighted by Crippen LogP contribution is 2.31. The van der Waals surface area contributed by atoms with Crippen molar-refractivity contribution in [3.8, 4) is 0 Å². The number of nitrogens with zero attached hydrogens (tertiary/aromatic N) is 1. The van der Waals surface area contributed by atoms with E-state index >= 15 is 0 Å². The molecule has 110 valence electrons. The van der Waals surface area contributed by atoms with Gasteiger partial charge in [0.05, 0.1) is 5.92 Å². The Kier molecular flexibility index (Phi) is 4.81. The molecule has 0 aliphatic carbocycles. The van der Waals surface area contributed by atoms with Gasteiger partial charge in [-0.2, -0.15) is 0 Å². The van der Waals surface area contributed by atoms with E-state index in [2.05, 4.69) is 49.9 Å². The first-order chi connectivity index (χ1) is 9.52. The number of likely N-dealkylation sites (tertiary alicyclic amines) is 1. The normalized spacial score (nSPS) is 25.4. The van der Waals surface area contributed by atoms with Crippen LogP contribution in [0.2, 0.25) is 0 Å². The van der Waals surface area contributed by atoms with Gasteiger partial charge in [0.2, 0.25) is 0 Å². The van der Waals surface area contributed by atoms with Crippen LogP contribution < -0.4 is 0 Å². The molecular formula is C17H25NO2. The van der Waals surface area contributed by atoms with Crippen LogP contribution in [0.5, 0.6) is 0 Å². The van der Waals surface area contributed by atoms with Gasteiger partial charge >= 0.3 is 5.97 Å². The molecule has 0 spiro atoms. The van der Waals surface area contributed by atoms with E-state index in [4.69, 9.17) is 5.11 Å². The maximum Gasteiger partial charge on any atom is 0.306 e. The summed E-state index contributed by atoms with van der Waals surface area (Å²) in [6.45, 7) is 7.40. The molecule has 3 atom stereocenters. The largest absolute Gasteiger partial charge is 0.481 e. The van der Waals surface area contributed by atoms with E-state index in [1.165, 1.54) is 11.1 Å². The average molecular weight is 275 g/mol. The molecule has 1 N–H and O–H groups in total. The summed E-state index contributed by atoms with van der Waals surface area (Å²) in [6.07, 6.45) is 2.58. The number of piperidine rings is 1. The summed E-state index contributed by atoms with van der Waals surface area (Å²) in [5.74, 6) is -0.813. The zero-order chi connectivity index (χ0) is 14.7. The van der Waals surface area contributed by atoms with Crippen molar-refractivity contribution in [2.45, 2.75) is 52.1 Å². The van der Waals surface area contributed by atoms with Gasteiger partial charge in [-0.25, -0.2) is 0 Å². The van der Waals surface area contributed by atoms with Crippen LogP contribution >= 0.6 is 0 Å². The first kappa shape index (κ1) is 15.0. The van der Waals surface area contributed by atoms with Gasteiger partial charge in [-0.15, -0.1) is 0 Å². The third-order valence-electron chi connectivity index (χ3n) is 4.64. The monoisotopic (exact) mass is 275 g/mol. The summed E-state index contributed by atoms with van der Waals surface area (Å²) in [5.41, 5.74) is 2.68. The Morgan fingerprint density at radius 3 is 2.55 bits per heavy atom. The number of hydrogen-bond acceptors (Lipinski definition) is 2. The second kappa shape index (κ2) is 6.40. The Morgan fingerprint density at radius 2 is 2.05 bits per heavy atom. The molecule has 0 aromatic heterocycles. The number of aliphatic carboxylic acids is 1. The lowest BCUT2D eigenvalue weighted by Crippen LogP contribution is -2.43. The van der Waals surface area contributed by atoms with E-state index in [-0.39, 0.29) is 5.92 Å². The molecule has 3 nitrogen and oxygen atoms in total. The Hall–Kier alpha value is -1.35. The van der Waals surface area contributed by atoms with Gasteiger partial charge in [-0.1, -0.05) is 31.2 Å². The summed E-state index contributed by atoms with van der Waals surface area (Å²) in [5, 5.41) is 9.14. The molecule has 1 saturated heterocycles. The predicted molar refractivity (Wildman–Crippen MR) is 80.8 cm³/mol. The number of carbonyl (C=O) groups is 1. The van der Waals surface area contributed by atoms with Crippen molar-refractivity contribution in [2.75, 3.05) is 6.54 Å². The number of hydrogen-bond donors (Lipinski definition) is 1. The molecule has 2 rings (SSSR count). The lowest BCUT2D eigenvalue weighted by molar-refractivity contribution is -0.144. The third kappa shape index (κ3) is 3.21. The second-order valence-electron chi connectivity index (χ2n) is 5.92. The highest BCUT2D eigenvalue weighted by Gasteiger charge is 2.32. The average Bonchev–Trinajstić information content (AvgIpc) is 2.46. The van der Waals surface area contributed by atoms with Gasteiger partial charge in [-0.05, 0) is 50.8 Å². The van der Waals surface area contributed by atoms with E-state index in [1.54, 1.807) is 0 Å². The minimum Gasteiger partial charge on any atom is -0.481 e. The molecule has 1 aliphatic rings. The van der Waals surface area contributed by atoms with Gasteiger partial charge in [0.15, 0.2) is 0 Å². The molecular weight excluding hydrogens is 250 g/mol. The topological polar surface area (TPSA) is 40.5 Å². The first-order valence-electron chi connectivity index (χ1n) is 7.60. The number of aryl methyl sites for hydroxylation is 1. The molecule has 3 unspecified atom stereocenters. The lowest BCUT2D eigenvalue weighted by Gasteiger charge is -2.40. The van der Waals surface area contributed by atoms with Crippen LogP contribution in [0, 0.1) is 5.92 Å². The molecule has 1 fully saturated rings. The van der Waals surface area contributed by atoms with Crippen molar-refractivity contribution >= 4 is 5.97 Å². The van der Waals surface area contributed by atoms with Crippen LogP contribution in [0.25, 0.3) is 0 Å². The standard InChI is InChI=1S/C17H25NO2/c1-4-14-5-7-15(8-6-14)13(3)18-10-9-16(17(19)20)11-12(18)2/h5-8,12-13,16H,4,9-11H2,1-3H3,(H,19,20). The Morgan fingerprint density at radius 1 is 1.40 bits per heavy atom. The minimum absolute atomic E-state index is 0.170. The smallest absolute Gasteiger partial charge is 0.306 e. The minimum atomic E-state index is -0.642. The summed E-state index contributed by atoms with van der Waals surface area (Å²) < 4.78 is 0.